The second-order valence-corrected chi connectivity index (χ2v) is 4.42. The van der Waals surface area contributed by atoms with E-state index in [1.807, 2.05) is 13.0 Å². The molecular formula is C11H9Cl2N3O. The van der Waals surface area contributed by atoms with Crippen molar-refractivity contribution < 1.29 is 0 Å². The minimum absolute atomic E-state index is 0.0118. The Hall–Kier alpha value is -1.39. The van der Waals surface area contributed by atoms with Crippen molar-refractivity contribution in [2.45, 2.75) is 13.5 Å². The van der Waals surface area contributed by atoms with Crippen LogP contribution in [0.3, 0.4) is 0 Å². The van der Waals surface area contributed by atoms with Crippen molar-refractivity contribution in [2.24, 2.45) is 0 Å². The molecule has 0 N–H and O–H groups in total. The fraction of sp³-hybridized carbons (Fsp3) is 0.182. The number of aryl methyl sites for hydroxylation is 1. The number of pyridine rings is 1. The van der Waals surface area contributed by atoms with Crippen LogP contribution in [0.1, 0.15) is 11.1 Å². The normalized spacial score (nSPS) is 10.5. The van der Waals surface area contributed by atoms with Crippen molar-refractivity contribution >= 4 is 23.2 Å². The van der Waals surface area contributed by atoms with Gasteiger partial charge in [0.15, 0.2) is 0 Å². The minimum Gasteiger partial charge on any atom is -0.266 e. The molecule has 0 spiro atoms. The molecule has 2 aromatic rings. The molecule has 0 amide bonds. The molecule has 2 aromatic heterocycles. The average molecular weight is 270 g/mol. The van der Waals surface area contributed by atoms with E-state index in [-0.39, 0.29) is 10.0 Å². The maximum atomic E-state index is 11.7. The molecule has 2 heterocycles. The predicted octanol–water partition coefficient (Wildman–Crippen LogP) is 2.30. The lowest BCUT2D eigenvalue weighted by atomic mass is 10.2. The first-order chi connectivity index (χ1) is 8.08. The van der Waals surface area contributed by atoms with E-state index in [1.165, 1.54) is 10.9 Å². The van der Waals surface area contributed by atoms with Crippen LogP contribution in [0.4, 0.5) is 0 Å². The average Bonchev–Trinajstić information content (AvgIpc) is 2.30. The van der Waals surface area contributed by atoms with Crippen LogP contribution in [0.2, 0.25) is 10.0 Å². The topological polar surface area (TPSA) is 47.8 Å². The molecular weight excluding hydrogens is 261 g/mol. The molecule has 17 heavy (non-hydrogen) atoms. The van der Waals surface area contributed by atoms with Gasteiger partial charge in [-0.05, 0) is 18.1 Å². The molecule has 0 atom stereocenters. The van der Waals surface area contributed by atoms with Crippen molar-refractivity contribution in [3.05, 3.63) is 56.2 Å². The number of hydrogen-bond acceptors (Lipinski definition) is 3. The summed E-state index contributed by atoms with van der Waals surface area (Å²) in [5, 5.41) is 4.07. The zero-order chi connectivity index (χ0) is 12.4. The molecule has 0 bridgehead atoms. The lowest BCUT2D eigenvalue weighted by Crippen LogP contribution is -2.23. The van der Waals surface area contributed by atoms with Gasteiger partial charge in [-0.2, -0.15) is 5.10 Å². The Morgan fingerprint density at radius 2 is 2.06 bits per heavy atom. The van der Waals surface area contributed by atoms with Crippen LogP contribution in [0, 0.1) is 6.92 Å². The number of aromatic nitrogens is 3. The van der Waals surface area contributed by atoms with Crippen molar-refractivity contribution in [1.29, 1.82) is 0 Å². The van der Waals surface area contributed by atoms with Gasteiger partial charge in [0.2, 0.25) is 0 Å². The maximum Gasteiger partial charge on any atom is 0.287 e. The number of halogens is 2. The molecule has 0 saturated heterocycles. The van der Waals surface area contributed by atoms with Crippen molar-refractivity contribution in [3.63, 3.8) is 0 Å². The smallest absolute Gasteiger partial charge is 0.266 e. The third-order valence-corrected chi connectivity index (χ3v) is 2.95. The molecule has 0 aliphatic carbocycles. The quantitative estimate of drug-likeness (QED) is 0.841. The van der Waals surface area contributed by atoms with E-state index in [9.17, 15) is 4.79 Å². The van der Waals surface area contributed by atoms with Gasteiger partial charge in [-0.1, -0.05) is 29.3 Å². The first-order valence-corrected chi connectivity index (χ1v) is 5.65. The van der Waals surface area contributed by atoms with Crippen LogP contribution in [-0.4, -0.2) is 14.8 Å². The van der Waals surface area contributed by atoms with E-state index in [1.54, 1.807) is 12.4 Å². The monoisotopic (exact) mass is 269 g/mol. The largest absolute Gasteiger partial charge is 0.287 e. The Morgan fingerprint density at radius 3 is 2.76 bits per heavy atom. The molecule has 6 heteroatoms. The molecule has 0 aromatic carbocycles. The molecule has 4 nitrogen and oxygen atoms in total. The summed E-state index contributed by atoms with van der Waals surface area (Å²) in [4.78, 5) is 15.8. The van der Waals surface area contributed by atoms with E-state index < -0.39 is 5.56 Å². The van der Waals surface area contributed by atoms with E-state index in [4.69, 9.17) is 23.2 Å². The van der Waals surface area contributed by atoms with Crippen LogP contribution >= 0.6 is 23.2 Å². The van der Waals surface area contributed by atoms with Crippen molar-refractivity contribution in [2.75, 3.05) is 0 Å². The van der Waals surface area contributed by atoms with Gasteiger partial charge in [-0.3, -0.25) is 9.78 Å². The Balaban J connectivity index is 2.37. The van der Waals surface area contributed by atoms with Crippen LogP contribution in [0.15, 0.2) is 29.5 Å². The third kappa shape index (κ3) is 2.65. The van der Waals surface area contributed by atoms with Crippen LogP contribution < -0.4 is 5.56 Å². The zero-order valence-electron chi connectivity index (χ0n) is 9.02. The van der Waals surface area contributed by atoms with Gasteiger partial charge in [0.1, 0.15) is 5.02 Å². The third-order valence-electron chi connectivity index (χ3n) is 2.21. The molecule has 2 rings (SSSR count). The standard InChI is InChI=1S/C11H9Cl2N3O/c1-7-2-8(4-14-3-7)6-16-11(17)10(13)9(12)5-15-16/h2-5H,6H2,1H3. The van der Waals surface area contributed by atoms with Gasteiger partial charge in [0.25, 0.3) is 5.56 Å². The predicted molar refractivity (Wildman–Crippen MR) is 66.6 cm³/mol. The fourth-order valence-corrected chi connectivity index (χ4v) is 1.71. The summed E-state index contributed by atoms with van der Waals surface area (Å²) < 4.78 is 1.25. The summed E-state index contributed by atoms with van der Waals surface area (Å²) in [5.41, 5.74) is 1.51. The highest BCUT2D eigenvalue weighted by Gasteiger charge is 2.07. The van der Waals surface area contributed by atoms with Crippen molar-refractivity contribution in [1.82, 2.24) is 14.8 Å². The van der Waals surface area contributed by atoms with Crippen molar-refractivity contribution in [3.8, 4) is 0 Å². The van der Waals surface area contributed by atoms with Gasteiger partial charge in [0.05, 0.1) is 17.8 Å². The molecule has 0 aliphatic rings. The van der Waals surface area contributed by atoms with E-state index in [0.29, 0.717) is 6.54 Å². The molecule has 0 fully saturated rings. The highest BCUT2D eigenvalue weighted by Crippen LogP contribution is 2.14. The maximum absolute atomic E-state index is 11.7. The molecule has 0 radical (unpaired) electrons. The zero-order valence-corrected chi connectivity index (χ0v) is 10.5. The summed E-state index contributed by atoms with van der Waals surface area (Å²) in [5.74, 6) is 0. The number of rotatable bonds is 2. The Labute approximate surface area is 108 Å². The number of nitrogens with zero attached hydrogens (tertiary/aromatic N) is 3. The minimum atomic E-state index is -0.402. The van der Waals surface area contributed by atoms with Crippen LogP contribution in [0.5, 0.6) is 0 Å². The second kappa shape index (κ2) is 4.85. The van der Waals surface area contributed by atoms with Crippen LogP contribution in [0.25, 0.3) is 0 Å². The van der Waals surface area contributed by atoms with E-state index >= 15 is 0 Å². The lowest BCUT2D eigenvalue weighted by Gasteiger charge is -2.05. The fourth-order valence-electron chi connectivity index (χ4n) is 1.43. The summed E-state index contributed by atoms with van der Waals surface area (Å²) in [6.07, 6.45) is 4.78. The van der Waals surface area contributed by atoms with Gasteiger partial charge < -0.3 is 0 Å². The van der Waals surface area contributed by atoms with E-state index in [2.05, 4.69) is 10.1 Å². The van der Waals surface area contributed by atoms with Gasteiger partial charge in [-0.15, -0.1) is 0 Å². The first kappa shape index (κ1) is 12.1. The second-order valence-electron chi connectivity index (χ2n) is 3.64. The molecule has 0 aliphatic heterocycles. The van der Waals surface area contributed by atoms with Gasteiger partial charge in [-0.25, -0.2) is 4.68 Å². The van der Waals surface area contributed by atoms with Gasteiger partial charge >= 0.3 is 0 Å². The number of hydrogen-bond donors (Lipinski definition) is 0. The Morgan fingerprint density at radius 1 is 1.29 bits per heavy atom. The highest BCUT2D eigenvalue weighted by atomic mass is 35.5. The Bertz CT molecular complexity index is 610. The Kier molecular flexibility index (Phi) is 3.45. The van der Waals surface area contributed by atoms with E-state index in [0.717, 1.165) is 11.1 Å². The van der Waals surface area contributed by atoms with Gasteiger partial charge in [0, 0.05) is 12.4 Å². The first-order valence-electron chi connectivity index (χ1n) is 4.89. The highest BCUT2D eigenvalue weighted by molar-refractivity contribution is 6.41. The van der Waals surface area contributed by atoms with Crippen LogP contribution in [-0.2, 0) is 6.54 Å². The summed E-state index contributed by atoms with van der Waals surface area (Å²) in [7, 11) is 0. The molecule has 88 valence electrons. The lowest BCUT2D eigenvalue weighted by molar-refractivity contribution is 0.637. The summed E-state index contributed by atoms with van der Waals surface area (Å²) in [6.45, 7) is 2.26. The molecule has 0 unspecified atom stereocenters. The summed E-state index contributed by atoms with van der Waals surface area (Å²) in [6, 6.07) is 1.93. The SMILES string of the molecule is Cc1cncc(Cn2ncc(Cl)c(Cl)c2=O)c1. The summed E-state index contributed by atoms with van der Waals surface area (Å²) >= 11 is 11.5. The molecule has 0 saturated carbocycles.